The van der Waals surface area contributed by atoms with Gasteiger partial charge >= 0.3 is 0 Å². The second-order valence-electron chi connectivity index (χ2n) is 4.61. The van der Waals surface area contributed by atoms with Gasteiger partial charge in [-0.1, -0.05) is 11.6 Å². The first kappa shape index (κ1) is 13.1. The molecule has 0 spiro atoms. The molecule has 0 aliphatic carbocycles. The van der Waals surface area contributed by atoms with Gasteiger partial charge in [-0.3, -0.25) is 0 Å². The van der Waals surface area contributed by atoms with Crippen LogP contribution in [0, 0.1) is 5.92 Å². The van der Waals surface area contributed by atoms with Crippen LogP contribution in [0.3, 0.4) is 0 Å². The molecule has 1 aromatic rings. The normalized spacial score (nSPS) is 18.3. The zero-order valence-corrected chi connectivity index (χ0v) is 12.3. The maximum absolute atomic E-state index is 6.11. The molecule has 5 heteroatoms. The van der Waals surface area contributed by atoms with E-state index in [-0.39, 0.29) is 0 Å². The van der Waals surface area contributed by atoms with Gasteiger partial charge in [0.15, 0.2) is 0 Å². The Morgan fingerprint density at radius 1 is 1.53 bits per heavy atom. The van der Waals surface area contributed by atoms with E-state index in [9.17, 15) is 0 Å². The summed E-state index contributed by atoms with van der Waals surface area (Å²) in [4.78, 5) is 6.65. The van der Waals surface area contributed by atoms with E-state index in [0.717, 1.165) is 22.8 Å². The molecule has 0 unspecified atom stereocenters. The number of nitrogens with zero attached hydrogens (tertiary/aromatic N) is 2. The molecule has 1 aromatic heterocycles. The predicted molar refractivity (Wildman–Crippen MR) is 75.7 cm³/mol. The fraction of sp³-hybridized carbons (Fsp3) is 0.583. The van der Waals surface area contributed by atoms with Crippen LogP contribution >= 0.6 is 27.5 Å². The van der Waals surface area contributed by atoms with E-state index < -0.39 is 0 Å². The second-order valence-corrected chi connectivity index (χ2v) is 5.93. The average Bonchev–Trinajstić information content (AvgIpc) is 2.30. The molecule has 2 rings (SSSR count). The largest absolute Gasteiger partial charge is 0.369 e. The molecule has 0 aromatic carbocycles. The van der Waals surface area contributed by atoms with Crippen molar-refractivity contribution in [3.63, 3.8) is 0 Å². The highest BCUT2D eigenvalue weighted by molar-refractivity contribution is 9.10. The van der Waals surface area contributed by atoms with Crippen LogP contribution in [0.5, 0.6) is 0 Å². The Hall–Kier alpha value is -0.320. The molecule has 1 fully saturated rings. The monoisotopic (exact) mass is 317 g/mol. The summed E-state index contributed by atoms with van der Waals surface area (Å²) in [5, 5.41) is 4.02. The molecule has 1 aliphatic heterocycles. The van der Waals surface area contributed by atoms with E-state index in [1.165, 1.54) is 25.9 Å². The van der Waals surface area contributed by atoms with E-state index >= 15 is 0 Å². The zero-order chi connectivity index (χ0) is 12.3. The molecular formula is C12H17BrClN3. The molecule has 0 amide bonds. The molecule has 2 heterocycles. The van der Waals surface area contributed by atoms with Crippen molar-refractivity contribution < 1.29 is 0 Å². The number of nitrogens with one attached hydrogen (secondary N) is 1. The number of halogens is 2. The van der Waals surface area contributed by atoms with Gasteiger partial charge in [0.25, 0.3) is 0 Å². The number of pyridine rings is 1. The zero-order valence-electron chi connectivity index (χ0n) is 9.92. The highest BCUT2D eigenvalue weighted by atomic mass is 79.9. The summed E-state index contributed by atoms with van der Waals surface area (Å²) in [7, 11) is 2.18. The molecule has 0 bridgehead atoms. The molecule has 94 valence electrons. The van der Waals surface area contributed by atoms with Crippen LogP contribution in [0.15, 0.2) is 16.7 Å². The first-order valence-corrected chi connectivity index (χ1v) is 7.05. The number of piperidine rings is 1. The highest BCUT2D eigenvalue weighted by Gasteiger charge is 2.16. The van der Waals surface area contributed by atoms with Crippen LogP contribution in [0.25, 0.3) is 0 Å². The van der Waals surface area contributed by atoms with Gasteiger partial charge in [-0.25, -0.2) is 4.98 Å². The minimum atomic E-state index is 0.673. The minimum absolute atomic E-state index is 0.673. The van der Waals surface area contributed by atoms with Gasteiger partial charge in [0.05, 0.1) is 5.02 Å². The van der Waals surface area contributed by atoms with Gasteiger partial charge in [-0.2, -0.15) is 0 Å². The van der Waals surface area contributed by atoms with Gasteiger partial charge < -0.3 is 10.2 Å². The lowest BCUT2D eigenvalue weighted by Gasteiger charge is -2.29. The van der Waals surface area contributed by atoms with Crippen molar-refractivity contribution in [3.05, 3.63) is 21.8 Å². The SMILES string of the molecule is CN1CCC(CNc2ncc(Br)cc2Cl)CC1. The van der Waals surface area contributed by atoms with Gasteiger partial charge in [0.2, 0.25) is 0 Å². The highest BCUT2D eigenvalue weighted by Crippen LogP contribution is 2.24. The van der Waals surface area contributed by atoms with Crippen molar-refractivity contribution in [2.45, 2.75) is 12.8 Å². The summed E-state index contributed by atoms with van der Waals surface area (Å²) in [5.41, 5.74) is 0. The van der Waals surface area contributed by atoms with Crippen molar-refractivity contribution in [2.24, 2.45) is 5.92 Å². The summed E-state index contributed by atoms with van der Waals surface area (Å²) >= 11 is 9.46. The van der Waals surface area contributed by atoms with Crippen LogP contribution < -0.4 is 5.32 Å². The third-order valence-corrected chi connectivity index (χ3v) is 3.93. The molecule has 3 nitrogen and oxygen atoms in total. The molecule has 17 heavy (non-hydrogen) atoms. The summed E-state index contributed by atoms with van der Waals surface area (Å²) in [6.07, 6.45) is 4.26. The van der Waals surface area contributed by atoms with Crippen molar-refractivity contribution >= 4 is 33.3 Å². The number of anilines is 1. The maximum atomic E-state index is 6.11. The van der Waals surface area contributed by atoms with E-state index in [0.29, 0.717) is 5.02 Å². The quantitative estimate of drug-likeness (QED) is 0.927. The Balaban J connectivity index is 1.85. The molecule has 0 radical (unpaired) electrons. The maximum Gasteiger partial charge on any atom is 0.144 e. The van der Waals surface area contributed by atoms with Crippen LogP contribution in [-0.2, 0) is 0 Å². The second kappa shape index (κ2) is 6.03. The summed E-state index contributed by atoms with van der Waals surface area (Å²) in [5.74, 6) is 1.52. The number of hydrogen-bond donors (Lipinski definition) is 1. The van der Waals surface area contributed by atoms with Crippen LogP contribution in [-0.4, -0.2) is 36.6 Å². The van der Waals surface area contributed by atoms with E-state index in [4.69, 9.17) is 11.6 Å². The lowest BCUT2D eigenvalue weighted by atomic mass is 9.97. The summed E-state index contributed by atoms with van der Waals surface area (Å²) in [6, 6.07) is 1.87. The van der Waals surface area contributed by atoms with Gasteiger partial charge in [0, 0.05) is 17.2 Å². The first-order chi connectivity index (χ1) is 8.15. The molecule has 1 N–H and O–H groups in total. The Morgan fingerprint density at radius 3 is 2.88 bits per heavy atom. The minimum Gasteiger partial charge on any atom is -0.369 e. The Kier molecular flexibility index (Phi) is 4.65. The van der Waals surface area contributed by atoms with Crippen LogP contribution in [0.4, 0.5) is 5.82 Å². The molecular weight excluding hydrogens is 302 g/mol. The van der Waals surface area contributed by atoms with Crippen molar-refractivity contribution in [3.8, 4) is 0 Å². The molecule has 1 aliphatic rings. The number of aromatic nitrogens is 1. The smallest absolute Gasteiger partial charge is 0.144 e. The lowest BCUT2D eigenvalue weighted by molar-refractivity contribution is 0.226. The van der Waals surface area contributed by atoms with Gasteiger partial charge in [-0.15, -0.1) is 0 Å². The van der Waals surface area contributed by atoms with Crippen molar-refractivity contribution in [1.82, 2.24) is 9.88 Å². The predicted octanol–water partition coefficient (Wildman–Crippen LogP) is 3.25. The van der Waals surface area contributed by atoms with Crippen LogP contribution in [0.1, 0.15) is 12.8 Å². The van der Waals surface area contributed by atoms with E-state index in [2.05, 4.69) is 38.2 Å². The van der Waals surface area contributed by atoms with E-state index in [1.54, 1.807) is 6.20 Å². The Morgan fingerprint density at radius 2 is 2.24 bits per heavy atom. The van der Waals surface area contributed by atoms with Crippen molar-refractivity contribution in [1.29, 1.82) is 0 Å². The summed E-state index contributed by atoms with van der Waals surface area (Å²) < 4.78 is 0.910. The third-order valence-electron chi connectivity index (χ3n) is 3.20. The molecule has 1 saturated heterocycles. The van der Waals surface area contributed by atoms with Gasteiger partial charge in [0.1, 0.15) is 5.82 Å². The Labute approximate surface area is 116 Å². The number of rotatable bonds is 3. The van der Waals surface area contributed by atoms with E-state index in [1.807, 2.05) is 6.07 Å². The third kappa shape index (κ3) is 3.83. The fourth-order valence-corrected chi connectivity index (χ4v) is 2.75. The number of likely N-dealkylation sites (tertiary alicyclic amines) is 1. The average molecular weight is 319 g/mol. The fourth-order valence-electron chi connectivity index (χ4n) is 2.05. The number of hydrogen-bond acceptors (Lipinski definition) is 3. The summed E-state index contributed by atoms with van der Waals surface area (Å²) in [6.45, 7) is 3.34. The topological polar surface area (TPSA) is 28.2 Å². The van der Waals surface area contributed by atoms with Gasteiger partial charge in [-0.05, 0) is 60.9 Å². The lowest BCUT2D eigenvalue weighted by Crippen LogP contribution is -2.33. The van der Waals surface area contributed by atoms with Crippen LogP contribution in [0.2, 0.25) is 5.02 Å². The standard InChI is InChI=1S/C12H17BrClN3/c1-17-4-2-9(3-5-17)7-15-12-11(14)6-10(13)8-16-12/h6,8-9H,2-5,7H2,1H3,(H,15,16). The van der Waals surface area contributed by atoms with Crippen molar-refractivity contribution in [2.75, 3.05) is 32.0 Å². The first-order valence-electron chi connectivity index (χ1n) is 5.88. The Bertz CT molecular complexity index is 378. The molecule has 0 saturated carbocycles. The molecule has 0 atom stereocenters.